The minimum absolute atomic E-state index is 0.0206. The molecule has 1 aromatic heterocycles. The van der Waals surface area contributed by atoms with E-state index in [2.05, 4.69) is 194 Å². The molecule has 0 bridgehead atoms. The van der Waals surface area contributed by atoms with Gasteiger partial charge in [-0.05, 0) is 130 Å². The number of hydrogen-bond acceptors (Lipinski definition) is 5. The highest BCUT2D eigenvalue weighted by molar-refractivity contribution is 5.97. The molecule has 7 rings (SSSR count). The average Bonchev–Trinajstić information content (AvgIpc) is 3.55. The van der Waals surface area contributed by atoms with Gasteiger partial charge in [0, 0.05) is 28.8 Å². The summed E-state index contributed by atoms with van der Waals surface area (Å²) in [6.07, 6.45) is 1.90. The first-order chi connectivity index (χ1) is 27.7. The zero-order valence-electron chi connectivity index (χ0n) is 38.4. The Bertz CT molecular complexity index is 2360. The summed E-state index contributed by atoms with van der Waals surface area (Å²) in [6, 6.07) is 31.1. The van der Waals surface area contributed by atoms with E-state index >= 15 is 0 Å². The van der Waals surface area contributed by atoms with Gasteiger partial charge in [-0.1, -0.05) is 126 Å². The predicted molar refractivity (Wildman–Crippen MR) is 249 cm³/mol. The number of benzene rings is 4. The third-order valence-corrected chi connectivity index (χ3v) is 12.8. The normalized spacial score (nSPS) is 17.5. The Morgan fingerprint density at radius 2 is 1.36 bits per heavy atom. The molecule has 310 valence electrons. The first-order valence-electron chi connectivity index (χ1n) is 21.9. The van der Waals surface area contributed by atoms with E-state index in [1.54, 1.807) is 0 Å². The van der Waals surface area contributed by atoms with Gasteiger partial charge in [0.2, 0.25) is 5.90 Å². The van der Waals surface area contributed by atoms with Crippen LogP contribution in [-0.2, 0) is 15.6 Å². The molecule has 0 amide bonds. The lowest BCUT2D eigenvalue weighted by atomic mass is 9.72. The molecule has 59 heavy (non-hydrogen) atoms. The second-order valence-electron chi connectivity index (χ2n) is 20.4. The highest BCUT2D eigenvalue weighted by Crippen LogP contribution is 2.52. The minimum Gasteiger partial charge on any atom is -0.475 e. The molecule has 0 saturated heterocycles. The highest BCUT2D eigenvalue weighted by Gasteiger charge is 2.43. The van der Waals surface area contributed by atoms with Crippen molar-refractivity contribution in [1.82, 2.24) is 4.98 Å². The Morgan fingerprint density at radius 1 is 0.712 bits per heavy atom. The maximum atomic E-state index is 7.05. The van der Waals surface area contributed by atoms with Crippen molar-refractivity contribution >= 4 is 23.1 Å². The van der Waals surface area contributed by atoms with Gasteiger partial charge in [-0.25, -0.2) is 9.98 Å². The van der Waals surface area contributed by atoms with Gasteiger partial charge in [0.25, 0.3) is 0 Å². The SMILES string of the molecule is Cc1cc(Oc2cc(C3=N[C@](C)(C(C(C)C)C(C)C)CO3)cc(-c3c(C(C)C)cccc3C(C)C)c2)cc(N2c3ccc(C(C)(C)C)cc3C(C)(C)c3cccnc32)c1. The van der Waals surface area contributed by atoms with Gasteiger partial charge in [0.05, 0.1) is 16.9 Å². The Morgan fingerprint density at radius 3 is 1.98 bits per heavy atom. The van der Waals surface area contributed by atoms with Crippen molar-refractivity contribution in [1.29, 1.82) is 0 Å². The van der Waals surface area contributed by atoms with Gasteiger partial charge in [-0.3, -0.25) is 4.90 Å². The zero-order chi connectivity index (χ0) is 42.8. The number of pyridine rings is 1. The molecular formula is C54H67N3O2. The van der Waals surface area contributed by atoms with E-state index in [1.807, 2.05) is 6.20 Å². The fourth-order valence-corrected chi connectivity index (χ4v) is 10.2. The van der Waals surface area contributed by atoms with Crippen LogP contribution in [0.3, 0.4) is 0 Å². The van der Waals surface area contributed by atoms with E-state index in [0.29, 0.717) is 42.1 Å². The van der Waals surface area contributed by atoms with Crippen molar-refractivity contribution in [3.63, 3.8) is 0 Å². The maximum Gasteiger partial charge on any atom is 0.216 e. The maximum absolute atomic E-state index is 7.05. The molecule has 0 N–H and O–H groups in total. The molecular weight excluding hydrogens is 723 g/mol. The first kappa shape index (κ1) is 42.2. The quantitative estimate of drug-likeness (QED) is 0.141. The summed E-state index contributed by atoms with van der Waals surface area (Å²) in [4.78, 5) is 12.8. The first-order valence-corrected chi connectivity index (χ1v) is 21.9. The third kappa shape index (κ3) is 7.95. The van der Waals surface area contributed by atoms with Crippen LogP contribution in [-0.4, -0.2) is 23.0 Å². The number of rotatable bonds is 10. The number of nitrogens with zero attached hydrogens (tertiary/aromatic N) is 3. The van der Waals surface area contributed by atoms with Gasteiger partial charge in [0.1, 0.15) is 23.9 Å². The lowest BCUT2D eigenvalue weighted by Crippen LogP contribution is -2.40. The van der Waals surface area contributed by atoms with Crippen LogP contribution in [0.2, 0.25) is 0 Å². The van der Waals surface area contributed by atoms with Gasteiger partial charge in [-0.2, -0.15) is 0 Å². The van der Waals surface area contributed by atoms with E-state index in [1.165, 1.54) is 33.4 Å². The standard InChI is InChI=1S/C54H67N3O2/c1-32(2)43-18-16-19-44(33(3)4)48(43)37-26-38(51-56-54(15,31-58-51)49(34(5)6)35(7)8)28-42(27-37)59-41-25-36(9)24-40(30-41)57-47-22-21-39(52(10,11)12)29-46(47)53(13,14)45-20-17-23-55-50(45)57/h16-30,32-35,49H,31H2,1-15H3/t54-/m0/s1. The number of aryl methyl sites for hydroxylation is 1. The summed E-state index contributed by atoms with van der Waals surface area (Å²) >= 11 is 0. The van der Waals surface area contributed by atoms with Crippen molar-refractivity contribution < 1.29 is 9.47 Å². The Kier molecular flexibility index (Phi) is 11.2. The van der Waals surface area contributed by atoms with E-state index in [4.69, 9.17) is 19.5 Å². The van der Waals surface area contributed by atoms with Crippen molar-refractivity contribution in [2.75, 3.05) is 11.5 Å². The van der Waals surface area contributed by atoms with Crippen molar-refractivity contribution in [2.24, 2.45) is 22.7 Å². The minimum atomic E-state index is -0.323. The smallest absolute Gasteiger partial charge is 0.216 e. The summed E-state index contributed by atoms with van der Waals surface area (Å²) in [6.45, 7) is 34.8. The summed E-state index contributed by atoms with van der Waals surface area (Å²) in [5.74, 6) is 5.15. The predicted octanol–water partition coefficient (Wildman–Crippen LogP) is 15.0. The summed E-state index contributed by atoms with van der Waals surface area (Å²) in [5.41, 5.74) is 12.5. The fourth-order valence-electron chi connectivity index (χ4n) is 10.2. The summed E-state index contributed by atoms with van der Waals surface area (Å²) in [5, 5.41) is 0. The molecule has 3 heterocycles. The van der Waals surface area contributed by atoms with Gasteiger partial charge < -0.3 is 9.47 Å². The van der Waals surface area contributed by atoms with E-state index in [-0.39, 0.29) is 16.4 Å². The highest BCUT2D eigenvalue weighted by atomic mass is 16.5. The molecule has 5 nitrogen and oxygen atoms in total. The fraction of sp³-hybridized carbons (Fsp3) is 0.444. The molecule has 2 aliphatic heterocycles. The second kappa shape index (κ2) is 15.6. The number of aromatic nitrogens is 1. The molecule has 0 saturated carbocycles. The van der Waals surface area contributed by atoms with Crippen molar-refractivity contribution in [3.8, 4) is 22.6 Å². The molecule has 2 aliphatic rings. The average molecular weight is 790 g/mol. The molecule has 4 aromatic carbocycles. The second-order valence-corrected chi connectivity index (χ2v) is 20.4. The van der Waals surface area contributed by atoms with Crippen LogP contribution in [0.25, 0.3) is 11.1 Å². The van der Waals surface area contributed by atoms with Crippen LogP contribution in [0.5, 0.6) is 11.5 Å². The largest absolute Gasteiger partial charge is 0.475 e. The van der Waals surface area contributed by atoms with Gasteiger partial charge >= 0.3 is 0 Å². The molecule has 0 radical (unpaired) electrons. The van der Waals surface area contributed by atoms with Crippen LogP contribution in [0, 0.1) is 24.7 Å². The monoisotopic (exact) mass is 790 g/mol. The lowest BCUT2D eigenvalue weighted by molar-refractivity contribution is 0.129. The Hall–Kier alpha value is -4.90. The van der Waals surface area contributed by atoms with E-state index in [9.17, 15) is 0 Å². The van der Waals surface area contributed by atoms with Gasteiger partial charge in [-0.15, -0.1) is 0 Å². The van der Waals surface area contributed by atoms with Gasteiger partial charge in [0.15, 0.2) is 0 Å². The number of hydrogen-bond donors (Lipinski definition) is 0. The molecule has 0 spiro atoms. The van der Waals surface area contributed by atoms with Crippen LogP contribution in [0.15, 0.2) is 96.1 Å². The van der Waals surface area contributed by atoms with Crippen LogP contribution in [0.1, 0.15) is 148 Å². The lowest BCUT2D eigenvalue weighted by Gasteiger charge is -2.41. The number of anilines is 3. The molecule has 0 fully saturated rings. The van der Waals surface area contributed by atoms with Crippen molar-refractivity contribution in [3.05, 3.63) is 130 Å². The third-order valence-electron chi connectivity index (χ3n) is 12.8. The Balaban J connectivity index is 1.39. The van der Waals surface area contributed by atoms with E-state index in [0.717, 1.165) is 45.4 Å². The molecule has 5 heteroatoms. The summed E-state index contributed by atoms with van der Waals surface area (Å²) in [7, 11) is 0. The zero-order valence-corrected chi connectivity index (χ0v) is 38.4. The van der Waals surface area contributed by atoms with Crippen LogP contribution in [0.4, 0.5) is 17.2 Å². The molecule has 5 aromatic rings. The van der Waals surface area contributed by atoms with Crippen LogP contribution >= 0.6 is 0 Å². The Labute approximate surface area is 355 Å². The number of aliphatic imine (C=N–C) groups is 1. The topological polar surface area (TPSA) is 47.0 Å². The van der Waals surface area contributed by atoms with Crippen LogP contribution < -0.4 is 9.64 Å². The number of fused-ring (bicyclic) bond motifs is 2. The molecule has 0 unspecified atom stereocenters. The summed E-state index contributed by atoms with van der Waals surface area (Å²) < 4.78 is 13.7. The van der Waals surface area contributed by atoms with E-state index < -0.39 is 0 Å². The van der Waals surface area contributed by atoms with Crippen molar-refractivity contribution in [2.45, 2.75) is 132 Å². The number of ether oxygens (including phenoxy) is 2. The molecule has 0 aliphatic carbocycles. The molecule has 1 atom stereocenters.